The molecule has 5 nitrogen and oxygen atoms in total. The fourth-order valence-electron chi connectivity index (χ4n) is 2.61. The van der Waals surface area contributed by atoms with Crippen LogP contribution in [0.1, 0.15) is 15.9 Å². The van der Waals surface area contributed by atoms with E-state index in [1.54, 1.807) is 48.3 Å². The number of hydrogen-bond donors (Lipinski definition) is 2. The van der Waals surface area contributed by atoms with Gasteiger partial charge in [0.2, 0.25) is 7.37 Å². The second-order valence-electron chi connectivity index (χ2n) is 6.29. The third-order valence-electron chi connectivity index (χ3n) is 4.18. The topological polar surface area (TPSA) is 81.4 Å². The molecule has 0 unspecified atom stereocenters. The van der Waals surface area contributed by atoms with E-state index in [0.717, 1.165) is 16.0 Å². The van der Waals surface area contributed by atoms with Gasteiger partial charge in [-0.1, -0.05) is 24.3 Å². The van der Waals surface area contributed by atoms with Crippen LogP contribution in [0.25, 0.3) is 10.4 Å². The van der Waals surface area contributed by atoms with Crippen molar-refractivity contribution in [2.45, 2.75) is 6.16 Å². The summed E-state index contributed by atoms with van der Waals surface area (Å²) in [5, 5.41) is 4.87. The maximum atomic E-state index is 12.6. The largest absolute Gasteiger partial charge is 0.397 e. The van der Waals surface area contributed by atoms with Gasteiger partial charge in [0.25, 0.3) is 5.91 Å². The van der Waals surface area contributed by atoms with E-state index in [2.05, 4.69) is 5.32 Å². The molecule has 140 valence electrons. The fourth-order valence-corrected chi connectivity index (χ4v) is 4.34. The first-order valence-corrected chi connectivity index (χ1v) is 11.5. The van der Waals surface area contributed by atoms with Crippen LogP contribution in [-0.2, 0) is 15.3 Å². The van der Waals surface area contributed by atoms with E-state index < -0.39 is 7.37 Å². The number of anilines is 2. The quantitative estimate of drug-likeness (QED) is 0.434. The molecule has 0 saturated carbocycles. The number of thiophene rings is 1. The Bertz CT molecular complexity index is 985. The molecule has 0 bridgehead atoms. The average molecular weight is 400 g/mol. The van der Waals surface area contributed by atoms with Crippen molar-refractivity contribution in [1.82, 2.24) is 0 Å². The summed E-state index contributed by atoms with van der Waals surface area (Å²) in [7, 11) is -1.20. The molecule has 1 aromatic heterocycles. The van der Waals surface area contributed by atoms with Crippen LogP contribution in [0, 0.1) is 0 Å². The molecule has 1 atom stereocenters. The Morgan fingerprint density at radius 3 is 2.56 bits per heavy atom. The minimum atomic E-state index is -2.64. The summed E-state index contributed by atoms with van der Waals surface area (Å²) in [6.07, 6.45) is 0.335. The minimum Gasteiger partial charge on any atom is -0.397 e. The van der Waals surface area contributed by atoms with Crippen molar-refractivity contribution in [3.05, 3.63) is 71.1 Å². The van der Waals surface area contributed by atoms with Crippen LogP contribution < -0.4 is 11.1 Å². The van der Waals surface area contributed by atoms with Crippen LogP contribution in [0.5, 0.6) is 0 Å². The SMILES string of the molecule is CO[P@@](C)(=O)Cc1ccc(C(=O)Nc2cc(-c3cccs3)ccc2N)cc1. The van der Waals surface area contributed by atoms with Crippen LogP contribution >= 0.6 is 18.7 Å². The summed E-state index contributed by atoms with van der Waals surface area (Å²) < 4.78 is 17.1. The highest BCUT2D eigenvalue weighted by atomic mass is 32.1. The van der Waals surface area contributed by atoms with Gasteiger partial charge in [0.1, 0.15) is 0 Å². The van der Waals surface area contributed by atoms with Gasteiger partial charge in [-0.3, -0.25) is 9.36 Å². The minimum absolute atomic E-state index is 0.247. The van der Waals surface area contributed by atoms with Gasteiger partial charge < -0.3 is 15.6 Å². The fraction of sp³-hybridized carbons (Fsp3) is 0.150. The van der Waals surface area contributed by atoms with Crippen molar-refractivity contribution in [3.63, 3.8) is 0 Å². The number of nitrogens with two attached hydrogens (primary N) is 1. The molecule has 0 aliphatic rings. The number of carbonyl (C=O) groups is 1. The second kappa shape index (κ2) is 8.09. The van der Waals surface area contributed by atoms with E-state index in [9.17, 15) is 9.36 Å². The number of carbonyl (C=O) groups excluding carboxylic acids is 1. The predicted octanol–water partition coefficient (Wildman–Crippen LogP) is 5.30. The molecular formula is C20H21N2O3PS. The summed E-state index contributed by atoms with van der Waals surface area (Å²) in [4.78, 5) is 13.7. The number of rotatable bonds is 6. The van der Waals surface area contributed by atoms with Crippen molar-refractivity contribution >= 4 is 36.0 Å². The Morgan fingerprint density at radius 2 is 1.93 bits per heavy atom. The number of nitrogens with one attached hydrogen (secondary N) is 1. The van der Waals surface area contributed by atoms with Crippen molar-refractivity contribution in [2.24, 2.45) is 0 Å². The molecule has 0 fully saturated rings. The highest BCUT2D eigenvalue weighted by Crippen LogP contribution is 2.45. The first kappa shape index (κ1) is 19.4. The smallest absolute Gasteiger partial charge is 0.255 e. The lowest BCUT2D eigenvalue weighted by atomic mass is 10.1. The standard InChI is InChI=1S/C20H21N2O3PS/c1-25-26(2,24)13-14-5-7-15(8-6-14)20(23)22-18-12-16(9-10-17(18)21)19-4-3-11-27-19/h3-12H,13,21H2,1-2H3,(H,22,23)/t26-/m1/s1. The number of benzene rings is 2. The molecule has 0 saturated heterocycles. The zero-order valence-electron chi connectivity index (χ0n) is 15.1. The number of amides is 1. The summed E-state index contributed by atoms with van der Waals surface area (Å²) in [6.45, 7) is 1.59. The van der Waals surface area contributed by atoms with Crippen LogP contribution in [0.2, 0.25) is 0 Å². The van der Waals surface area contributed by atoms with Crippen LogP contribution in [0.3, 0.4) is 0 Å². The summed E-state index contributed by atoms with van der Waals surface area (Å²) in [6, 6.07) is 16.6. The average Bonchev–Trinajstić information content (AvgIpc) is 3.18. The van der Waals surface area contributed by atoms with Gasteiger partial charge in [0.15, 0.2) is 0 Å². The third kappa shape index (κ3) is 4.86. The van der Waals surface area contributed by atoms with Crippen molar-refractivity contribution in [1.29, 1.82) is 0 Å². The molecule has 3 rings (SSSR count). The van der Waals surface area contributed by atoms with Crippen molar-refractivity contribution in [2.75, 3.05) is 24.8 Å². The van der Waals surface area contributed by atoms with E-state index in [1.165, 1.54) is 7.11 Å². The summed E-state index contributed by atoms with van der Waals surface area (Å²) >= 11 is 1.63. The number of hydrogen-bond acceptors (Lipinski definition) is 5. The maximum absolute atomic E-state index is 12.6. The first-order chi connectivity index (χ1) is 12.9. The Kier molecular flexibility index (Phi) is 5.80. The molecule has 0 spiro atoms. The monoisotopic (exact) mass is 400 g/mol. The molecule has 1 amide bonds. The van der Waals surface area contributed by atoms with Gasteiger partial charge in [-0.15, -0.1) is 11.3 Å². The molecule has 0 aliphatic heterocycles. The van der Waals surface area contributed by atoms with E-state index in [1.807, 2.05) is 29.6 Å². The third-order valence-corrected chi connectivity index (χ3v) is 6.81. The lowest BCUT2D eigenvalue weighted by Gasteiger charge is -2.12. The maximum Gasteiger partial charge on any atom is 0.255 e. The molecular weight excluding hydrogens is 379 g/mol. The van der Waals surface area contributed by atoms with Crippen LogP contribution in [-0.4, -0.2) is 19.7 Å². The molecule has 27 heavy (non-hydrogen) atoms. The van der Waals surface area contributed by atoms with Gasteiger partial charge in [-0.05, 0) is 46.8 Å². The zero-order valence-corrected chi connectivity index (χ0v) is 16.8. The second-order valence-corrected chi connectivity index (χ2v) is 9.94. The molecule has 0 radical (unpaired) electrons. The molecule has 3 N–H and O–H groups in total. The van der Waals surface area contributed by atoms with Gasteiger partial charge in [-0.2, -0.15) is 0 Å². The summed E-state index contributed by atoms with van der Waals surface area (Å²) in [5.74, 6) is -0.247. The zero-order chi connectivity index (χ0) is 19.4. The van der Waals surface area contributed by atoms with Crippen LogP contribution in [0.15, 0.2) is 60.0 Å². The van der Waals surface area contributed by atoms with Gasteiger partial charge in [0, 0.05) is 30.4 Å². The first-order valence-electron chi connectivity index (χ1n) is 8.34. The van der Waals surface area contributed by atoms with Crippen molar-refractivity contribution in [3.8, 4) is 10.4 Å². The van der Waals surface area contributed by atoms with E-state index >= 15 is 0 Å². The number of nitrogen functional groups attached to an aromatic ring is 1. The van der Waals surface area contributed by atoms with Gasteiger partial charge >= 0.3 is 0 Å². The molecule has 0 aliphatic carbocycles. The Hall–Kier alpha value is -2.40. The van der Waals surface area contributed by atoms with E-state index in [-0.39, 0.29) is 5.91 Å². The normalized spacial score (nSPS) is 13.1. The molecule has 7 heteroatoms. The lowest BCUT2D eigenvalue weighted by Crippen LogP contribution is -2.13. The predicted molar refractivity (Wildman–Crippen MR) is 113 cm³/mol. The Morgan fingerprint density at radius 1 is 1.19 bits per heavy atom. The van der Waals surface area contributed by atoms with Crippen molar-refractivity contribution < 1.29 is 13.9 Å². The Labute approximate surface area is 162 Å². The Balaban J connectivity index is 1.76. The van der Waals surface area contributed by atoms with Gasteiger partial charge in [0.05, 0.1) is 11.4 Å². The highest BCUT2D eigenvalue weighted by Gasteiger charge is 2.15. The van der Waals surface area contributed by atoms with Crippen LogP contribution in [0.4, 0.5) is 11.4 Å². The molecule has 3 aromatic rings. The van der Waals surface area contributed by atoms with E-state index in [0.29, 0.717) is 23.1 Å². The lowest BCUT2D eigenvalue weighted by molar-refractivity contribution is 0.102. The van der Waals surface area contributed by atoms with Gasteiger partial charge in [-0.25, -0.2) is 0 Å². The highest BCUT2D eigenvalue weighted by molar-refractivity contribution is 7.57. The molecule has 1 heterocycles. The van der Waals surface area contributed by atoms with E-state index in [4.69, 9.17) is 10.3 Å². The molecule has 2 aromatic carbocycles. The summed E-state index contributed by atoms with van der Waals surface area (Å²) in [5.41, 5.74) is 9.47.